The van der Waals surface area contributed by atoms with Gasteiger partial charge in [0.1, 0.15) is 11.9 Å². The van der Waals surface area contributed by atoms with E-state index in [1.807, 2.05) is 13.1 Å². The van der Waals surface area contributed by atoms with Crippen LogP contribution in [0.4, 0.5) is 11.6 Å². The molecule has 0 radical (unpaired) electrons. The molecule has 0 atom stereocenters. The Morgan fingerprint density at radius 3 is 2.75 bits per heavy atom. The third kappa shape index (κ3) is 2.64. The molecule has 1 fully saturated rings. The van der Waals surface area contributed by atoms with Crippen LogP contribution >= 0.6 is 0 Å². The number of aryl methyl sites for hydroxylation is 2. The number of fused-ring (bicyclic) bond motifs is 1. The van der Waals surface area contributed by atoms with E-state index in [4.69, 9.17) is 5.26 Å². The van der Waals surface area contributed by atoms with Crippen LogP contribution in [0.5, 0.6) is 0 Å². The summed E-state index contributed by atoms with van der Waals surface area (Å²) in [5.74, 6) is 1.77. The fourth-order valence-corrected chi connectivity index (χ4v) is 3.27. The minimum Gasteiger partial charge on any atom is -0.352 e. The first-order valence-electron chi connectivity index (χ1n) is 8.30. The number of hydrogen-bond donors (Lipinski definition) is 0. The van der Waals surface area contributed by atoms with Crippen molar-refractivity contribution in [3.05, 3.63) is 35.4 Å². The van der Waals surface area contributed by atoms with Gasteiger partial charge in [0, 0.05) is 20.1 Å². The van der Waals surface area contributed by atoms with Crippen LogP contribution in [-0.4, -0.2) is 46.3 Å². The smallest absolute Gasteiger partial charge is 0.158 e. The summed E-state index contributed by atoms with van der Waals surface area (Å²) >= 11 is 0. The minimum absolute atomic E-state index is 0.340. The molecule has 122 valence electrons. The monoisotopic (exact) mass is 321 g/mol. The first-order valence-corrected chi connectivity index (χ1v) is 8.30. The quantitative estimate of drug-likeness (QED) is 0.843. The molecule has 0 spiro atoms. The van der Waals surface area contributed by atoms with Gasteiger partial charge in [-0.15, -0.1) is 5.10 Å². The summed E-state index contributed by atoms with van der Waals surface area (Å²) in [4.78, 5) is 12.7. The van der Waals surface area contributed by atoms with Gasteiger partial charge in [-0.2, -0.15) is 10.4 Å². The van der Waals surface area contributed by atoms with Crippen LogP contribution in [0.1, 0.15) is 29.8 Å². The van der Waals surface area contributed by atoms with E-state index in [1.54, 1.807) is 6.20 Å². The zero-order valence-electron chi connectivity index (χ0n) is 13.7. The summed E-state index contributed by atoms with van der Waals surface area (Å²) in [5.41, 5.74) is 2.87. The van der Waals surface area contributed by atoms with Crippen LogP contribution in [-0.2, 0) is 12.8 Å². The third-order valence-corrected chi connectivity index (χ3v) is 4.90. The molecule has 24 heavy (non-hydrogen) atoms. The molecule has 0 unspecified atom stereocenters. The highest BCUT2D eigenvalue weighted by atomic mass is 15.4. The zero-order chi connectivity index (χ0) is 16.5. The van der Waals surface area contributed by atoms with Gasteiger partial charge in [0.2, 0.25) is 0 Å². The first-order chi connectivity index (χ1) is 11.7. The SMILES string of the molecule is CN(c1cnc(C#N)cn1)C1CN(c2cc3c(nn2)CCCC3)C1. The van der Waals surface area contributed by atoms with Crippen molar-refractivity contribution in [1.82, 2.24) is 20.2 Å². The van der Waals surface area contributed by atoms with Gasteiger partial charge in [0.25, 0.3) is 0 Å². The highest BCUT2D eigenvalue weighted by Crippen LogP contribution is 2.27. The maximum absolute atomic E-state index is 8.79. The molecule has 7 nitrogen and oxygen atoms in total. The average molecular weight is 321 g/mol. The van der Waals surface area contributed by atoms with Gasteiger partial charge in [-0.3, -0.25) is 0 Å². The largest absolute Gasteiger partial charge is 0.352 e. The lowest BCUT2D eigenvalue weighted by Gasteiger charge is -2.44. The molecule has 1 saturated heterocycles. The Labute approximate surface area is 141 Å². The van der Waals surface area contributed by atoms with E-state index in [0.717, 1.165) is 37.6 Å². The van der Waals surface area contributed by atoms with E-state index < -0.39 is 0 Å². The standard InChI is InChI=1S/C17H19N7/c1-23(17-9-19-13(7-18)8-20-17)14-10-24(11-14)16-6-12-4-2-3-5-15(12)21-22-16/h6,8-9,14H,2-5,10-11H2,1H3. The molecule has 3 heterocycles. The number of rotatable bonds is 3. The lowest BCUT2D eigenvalue weighted by molar-refractivity contribution is 0.486. The molecule has 0 amide bonds. The summed E-state index contributed by atoms with van der Waals surface area (Å²) in [6.07, 6.45) is 7.82. The lowest BCUT2D eigenvalue weighted by atomic mass is 9.96. The zero-order valence-corrected chi connectivity index (χ0v) is 13.7. The molecule has 0 aromatic carbocycles. The van der Waals surface area contributed by atoms with Gasteiger partial charge in [-0.1, -0.05) is 0 Å². The van der Waals surface area contributed by atoms with Crippen molar-refractivity contribution in [2.45, 2.75) is 31.7 Å². The fraction of sp³-hybridized carbons (Fsp3) is 0.471. The van der Waals surface area contributed by atoms with Gasteiger partial charge in [0.05, 0.1) is 24.1 Å². The summed E-state index contributed by atoms with van der Waals surface area (Å²) < 4.78 is 0. The van der Waals surface area contributed by atoms with Crippen LogP contribution in [0.15, 0.2) is 18.5 Å². The van der Waals surface area contributed by atoms with Gasteiger partial charge < -0.3 is 9.80 Å². The van der Waals surface area contributed by atoms with Crippen molar-refractivity contribution < 1.29 is 0 Å². The molecule has 2 aromatic heterocycles. The molecular formula is C17H19N7. The van der Waals surface area contributed by atoms with E-state index in [-0.39, 0.29) is 0 Å². The second kappa shape index (κ2) is 6.04. The summed E-state index contributed by atoms with van der Waals surface area (Å²) in [6.45, 7) is 1.79. The Kier molecular flexibility index (Phi) is 3.73. The van der Waals surface area contributed by atoms with E-state index in [1.165, 1.54) is 30.3 Å². The Morgan fingerprint density at radius 2 is 2.00 bits per heavy atom. The van der Waals surface area contributed by atoms with E-state index in [9.17, 15) is 0 Å². The summed E-state index contributed by atoms with van der Waals surface area (Å²) in [6, 6.07) is 4.56. The van der Waals surface area contributed by atoms with E-state index >= 15 is 0 Å². The maximum Gasteiger partial charge on any atom is 0.158 e. The molecule has 2 aliphatic rings. The van der Waals surface area contributed by atoms with Crippen LogP contribution < -0.4 is 9.80 Å². The van der Waals surface area contributed by atoms with Gasteiger partial charge >= 0.3 is 0 Å². The topological polar surface area (TPSA) is 81.8 Å². The van der Waals surface area contributed by atoms with Crippen LogP contribution in [0.25, 0.3) is 0 Å². The number of anilines is 2. The van der Waals surface area contributed by atoms with Crippen LogP contribution in [0, 0.1) is 11.3 Å². The predicted octanol–water partition coefficient (Wildman–Crippen LogP) is 1.34. The van der Waals surface area contributed by atoms with Crippen molar-refractivity contribution in [1.29, 1.82) is 5.26 Å². The van der Waals surface area contributed by atoms with Crippen molar-refractivity contribution >= 4 is 11.6 Å². The number of nitriles is 1. The number of aromatic nitrogens is 4. The first kappa shape index (κ1) is 14.8. The molecule has 1 aliphatic heterocycles. The highest BCUT2D eigenvalue weighted by Gasteiger charge is 2.32. The van der Waals surface area contributed by atoms with Gasteiger partial charge in [-0.25, -0.2) is 9.97 Å². The lowest BCUT2D eigenvalue weighted by Crippen LogP contribution is -2.59. The number of hydrogen-bond acceptors (Lipinski definition) is 7. The summed E-state index contributed by atoms with van der Waals surface area (Å²) in [7, 11) is 2.01. The van der Waals surface area contributed by atoms with Crippen LogP contribution in [0.2, 0.25) is 0 Å². The predicted molar refractivity (Wildman–Crippen MR) is 89.8 cm³/mol. The Hall–Kier alpha value is -2.75. The molecule has 7 heteroatoms. The molecule has 4 rings (SSSR count). The average Bonchev–Trinajstić information content (AvgIpc) is 2.60. The van der Waals surface area contributed by atoms with Gasteiger partial charge in [0.15, 0.2) is 11.5 Å². The molecule has 0 saturated carbocycles. The maximum atomic E-state index is 8.79. The fourth-order valence-electron chi connectivity index (χ4n) is 3.27. The summed E-state index contributed by atoms with van der Waals surface area (Å²) in [5, 5.41) is 17.6. The number of nitrogens with zero attached hydrogens (tertiary/aromatic N) is 7. The molecule has 0 N–H and O–H groups in total. The van der Waals surface area contributed by atoms with Crippen molar-refractivity contribution in [3.63, 3.8) is 0 Å². The minimum atomic E-state index is 0.340. The second-order valence-electron chi connectivity index (χ2n) is 6.42. The Morgan fingerprint density at radius 1 is 1.17 bits per heavy atom. The third-order valence-electron chi connectivity index (χ3n) is 4.90. The second-order valence-corrected chi connectivity index (χ2v) is 6.42. The van der Waals surface area contributed by atoms with E-state index in [0.29, 0.717) is 11.7 Å². The molecule has 1 aliphatic carbocycles. The highest BCUT2D eigenvalue weighted by molar-refractivity contribution is 5.49. The Balaban J connectivity index is 1.41. The normalized spacial score (nSPS) is 16.9. The number of likely N-dealkylation sites (N-methyl/N-ethyl adjacent to an activating group) is 1. The van der Waals surface area contributed by atoms with Crippen molar-refractivity contribution in [3.8, 4) is 6.07 Å². The van der Waals surface area contributed by atoms with Gasteiger partial charge in [-0.05, 0) is 37.3 Å². The van der Waals surface area contributed by atoms with Crippen molar-refractivity contribution in [2.24, 2.45) is 0 Å². The molecule has 2 aromatic rings. The Bertz CT molecular complexity index is 775. The van der Waals surface area contributed by atoms with E-state index in [2.05, 4.69) is 36.0 Å². The van der Waals surface area contributed by atoms with Crippen LogP contribution in [0.3, 0.4) is 0 Å². The molecular weight excluding hydrogens is 302 g/mol. The molecule has 0 bridgehead atoms. The van der Waals surface area contributed by atoms with Crippen molar-refractivity contribution in [2.75, 3.05) is 29.9 Å².